The number of thiophene rings is 1. The van der Waals surface area contributed by atoms with Gasteiger partial charge in [-0.3, -0.25) is 0 Å². The first-order chi connectivity index (χ1) is 9.31. The lowest BCUT2D eigenvalue weighted by molar-refractivity contribution is 0.299. The lowest BCUT2D eigenvalue weighted by atomic mass is 9.84. The van der Waals surface area contributed by atoms with Crippen LogP contribution in [0, 0.1) is 5.92 Å². The van der Waals surface area contributed by atoms with Crippen LogP contribution in [0.4, 0.5) is 0 Å². The molecule has 1 aliphatic carbocycles. The zero-order valence-electron chi connectivity index (χ0n) is 12.6. The molecule has 0 bridgehead atoms. The van der Waals surface area contributed by atoms with Crippen LogP contribution in [0.5, 0.6) is 0 Å². The van der Waals surface area contributed by atoms with Crippen LogP contribution >= 0.6 is 11.3 Å². The Morgan fingerprint density at radius 3 is 2.53 bits per heavy atom. The molecule has 1 aromatic rings. The second-order valence-corrected chi connectivity index (χ2v) is 7.17. The third kappa shape index (κ3) is 4.92. The smallest absolute Gasteiger partial charge is 0.0118 e. The van der Waals surface area contributed by atoms with Gasteiger partial charge in [0.05, 0.1) is 0 Å². The van der Waals surface area contributed by atoms with Crippen molar-refractivity contribution in [3.05, 3.63) is 21.9 Å². The van der Waals surface area contributed by atoms with Crippen LogP contribution < -0.4 is 5.32 Å². The first-order valence-corrected chi connectivity index (χ1v) is 8.94. The van der Waals surface area contributed by atoms with Crippen molar-refractivity contribution >= 4 is 11.3 Å². The van der Waals surface area contributed by atoms with Crippen LogP contribution in [0.15, 0.2) is 12.1 Å². The molecule has 1 fully saturated rings. The highest BCUT2D eigenvalue weighted by molar-refractivity contribution is 7.11. The number of likely N-dealkylation sites (N-methyl/N-ethyl adjacent to an activating group) is 1. The second-order valence-electron chi connectivity index (χ2n) is 5.92. The minimum atomic E-state index is 0.691. The lowest BCUT2D eigenvalue weighted by Crippen LogP contribution is -2.33. The summed E-state index contributed by atoms with van der Waals surface area (Å²) in [5, 5.41) is 3.71. The van der Waals surface area contributed by atoms with Gasteiger partial charge in [-0.1, -0.05) is 46.0 Å². The molecule has 1 unspecified atom stereocenters. The maximum atomic E-state index is 3.71. The monoisotopic (exact) mass is 279 g/mol. The molecule has 1 aromatic heterocycles. The standard InChI is InChI=1S/C17H29NS/c1-3-16-10-11-17(19-16)13-15(18-4-2)12-14-8-6-5-7-9-14/h10-11,14-15,18H,3-9,12-13H2,1-2H3. The molecular formula is C17H29NS. The van der Waals surface area contributed by atoms with E-state index in [0.29, 0.717) is 6.04 Å². The first kappa shape index (κ1) is 15.1. The van der Waals surface area contributed by atoms with Gasteiger partial charge in [-0.05, 0) is 43.9 Å². The third-order valence-corrected chi connectivity index (χ3v) is 5.60. The van der Waals surface area contributed by atoms with Crippen molar-refractivity contribution < 1.29 is 0 Å². The van der Waals surface area contributed by atoms with Gasteiger partial charge < -0.3 is 5.32 Å². The van der Waals surface area contributed by atoms with E-state index in [1.165, 1.54) is 56.2 Å². The maximum Gasteiger partial charge on any atom is 0.0118 e. The quantitative estimate of drug-likeness (QED) is 0.756. The largest absolute Gasteiger partial charge is 0.314 e. The summed E-state index contributed by atoms with van der Waals surface area (Å²) in [5.41, 5.74) is 0. The van der Waals surface area contributed by atoms with E-state index in [9.17, 15) is 0 Å². The molecular weight excluding hydrogens is 250 g/mol. The minimum Gasteiger partial charge on any atom is -0.314 e. The van der Waals surface area contributed by atoms with Crippen molar-refractivity contribution in [1.29, 1.82) is 0 Å². The molecule has 0 spiro atoms. The van der Waals surface area contributed by atoms with Crippen molar-refractivity contribution in [1.82, 2.24) is 5.32 Å². The van der Waals surface area contributed by atoms with Gasteiger partial charge in [-0.2, -0.15) is 0 Å². The van der Waals surface area contributed by atoms with Gasteiger partial charge in [0.15, 0.2) is 0 Å². The molecule has 1 aliphatic rings. The van der Waals surface area contributed by atoms with Crippen molar-refractivity contribution in [2.75, 3.05) is 6.54 Å². The lowest BCUT2D eigenvalue weighted by Gasteiger charge is -2.26. The number of aryl methyl sites for hydroxylation is 1. The van der Waals surface area contributed by atoms with E-state index < -0.39 is 0 Å². The van der Waals surface area contributed by atoms with E-state index in [0.717, 1.165) is 12.5 Å². The van der Waals surface area contributed by atoms with Crippen LogP contribution in [-0.2, 0) is 12.8 Å². The Morgan fingerprint density at radius 2 is 1.89 bits per heavy atom. The highest BCUT2D eigenvalue weighted by Crippen LogP contribution is 2.29. The average molecular weight is 279 g/mol. The van der Waals surface area contributed by atoms with Crippen LogP contribution in [0.25, 0.3) is 0 Å². The van der Waals surface area contributed by atoms with Gasteiger partial charge in [-0.15, -0.1) is 11.3 Å². The number of hydrogen-bond acceptors (Lipinski definition) is 2. The van der Waals surface area contributed by atoms with E-state index in [4.69, 9.17) is 0 Å². The summed E-state index contributed by atoms with van der Waals surface area (Å²) in [4.78, 5) is 3.10. The Hall–Kier alpha value is -0.340. The fraction of sp³-hybridized carbons (Fsp3) is 0.765. The van der Waals surface area contributed by atoms with Crippen LogP contribution in [-0.4, -0.2) is 12.6 Å². The molecule has 0 radical (unpaired) electrons. The molecule has 0 aromatic carbocycles. The van der Waals surface area contributed by atoms with Crippen molar-refractivity contribution in [2.24, 2.45) is 5.92 Å². The van der Waals surface area contributed by atoms with Crippen molar-refractivity contribution in [3.63, 3.8) is 0 Å². The molecule has 1 heterocycles. The Bertz CT molecular complexity index is 352. The van der Waals surface area contributed by atoms with Crippen molar-refractivity contribution in [3.8, 4) is 0 Å². The molecule has 2 rings (SSSR count). The number of rotatable bonds is 7. The highest BCUT2D eigenvalue weighted by Gasteiger charge is 2.19. The zero-order chi connectivity index (χ0) is 13.5. The van der Waals surface area contributed by atoms with E-state index >= 15 is 0 Å². The maximum absolute atomic E-state index is 3.71. The Kier molecular flexibility index (Phi) is 6.39. The predicted octanol–water partition coefficient (Wildman–Crippen LogP) is 4.80. The normalized spacial score (nSPS) is 18.6. The fourth-order valence-electron chi connectivity index (χ4n) is 3.32. The summed E-state index contributed by atoms with van der Waals surface area (Å²) >= 11 is 2.01. The minimum absolute atomic E-state index is 0.691. The van der Waals surface area contributed by atoms with Crippen LogP contribution in [0.1, 0.15) is 62.1 Å². The van der Waals surface area contributed by atoms with Gasteiger partial charge in [0.1, 0.15) is 0 Å². The Morgan fingerprint density at radius 1 is 1.16 bits per heavy atom. The zero-order valence-corrected chi connectivity index (χ0v) is 13.4. The van der Waals surface area contributed by atoms with Gasteiger partial charge in [0, 0.05) is 15.8 Å². The topological polar surface area (TPSA) is 12.0 Å². The Balaban J connectivity index is 1.87. The van der Waals surface area contributed by atoms with Crippen LogP contribution in [0.3, 0.4) is 0 Å². The Labute approximate surface area is 122 Å². The second kappa shape index (κ2) is 8.06. The molecule has 19 heavy (non-hydrogen) atoms. The van der Waals surface area contributed by atoms with Crippen LogP contribution in [0.2, 0.25) is 0 Å². The fourth-order valence-corrected chi connectivity index (χ4v) is 4.36. The number of nitrogens with one attached hydrogen (secondary N) is 1. The summed E-state index contributed by atoms with van der Waals surface area (Å²) in [5.74, 6) is 0.975. The molecule has 1 nitrogen and oxygen atoms in total. The molecule has 0 saturated heterocycles. The SMILES string of the molecule is CCNC(Cc1ccc(CC)s1)CC1CCCCC1. The summed E-state index contributed by atoms with van der Waals surface area (Å²) in [6, 6.07) is 5.34. The first-order valence-electron chi connectivity index (χ1n) is 8.12. The molecule has 2 heteroatoms. The summed E-state index contributed by atoms with van der Waals surface area (Å²) in [6.45, 7) is 5.59. The summed E-state index contributed by atoms with van der Waals surface area (Å²) < 4.78 is 0. The average Bonchev–Trinajstić information content (AvgIpc) is 2.88. The van der Waals surface area contributed by atoms with Gasteiger partial charge in [0.25, 0.3) is 0 Å². The summed E-state index contributed by atoms with van der Waals surface area (Å²) in [7, 11) is 0. The molecule has 0 amide bonds. The van der Waals surface area contributed by atoms with E-state index in [1.54, 1.807) is 4.88 Å². The van der Waals surface area contributed by atoms with E-state index in [-0.39, 0.29) is 0 Å². The molecule has 1 atom stereocenters. The summed E-state index contributed by atoms with van der Waals surface area (Å²) in [6.07, 6.45) is 11.1. The van der Waals surface area contributed by atoms with Gasteiger partial charge in [-0.25, -0.2) is 0 Å². The van der Waals surface area contributed by atoms with Gasteiger partial charge in [0.2, 0.25) is 0 Å². The molecule has 1 saturated carbocycles. The third-order valence-electron chi connectivity index (χ3n) is 4.35. The van der Waals surface area contributed by atoms with Gasteiger partial charge >= 0.3 is 0 Å². The molecule has 108 valence electrons. The predicted molar refractivity (Wildman–Crippen MR) is 86.1 cm³/mol. The van der Waals surface area contributed by atoms with E-state index in [2.05, 4.69) is 31.3 Å². The molecule has 1 N–H and O–H groups in total. The molecule has 0 aliphatic heterocycles. The number of hydrogen-bond donors (Lipinski definition) is 1. The van der Waals surface area contributed by atoms with E-state index in [1.807, 2.05) is 11.3 Å². The van der Waals surface area contributed by atoms with Crippen molar-refractivity contribution in [2.45, 2.75) is 71.3 Å². The highest BCUT2D eigenvalue weighted by atomic mass is 32.1.